The summed E-state index contributed by atoms with van der Waals surface area (Å²) in [7, 11) is 1.73. The summed E-state index contributed by atoms with van der Waals surface area (Å²) in [4.78, 5) is 0. The number of rotatable bonds is 5. The lowest BCUT2D eigenvalue weighted by molar-refractivity contribution is 0.00161. The summed E-state index contributed by atoms with van der Waals surface area (Å²) >= 11 is 0. The van der Waals surface area contributed by atoms with Crippen molar-refractivity contribution in [3.8, 4) is 5.75 Å². The molecule has 0 unspecified atom stereocenters. The van der Waals surface area contributed by atoms with Gasteiger partial charge in [0.05, 0.1) is 12.4 Å². The Kier molecular flexibility index (Phi) is 5.11. The maximum Gasteiger partial charge on any atom is 0.233 e. The van der Waals surface area contributed by atoms with Gasteiger partial charge in [-0.1, -0.05) is 12.1 Å². The monoisotopic (exact) mass is 336 g/mol. The summed E-state index contributed by atoms with van der Waals surface area (Å²) in [6.45, 7) is 2.65. The van der Waals surface area contributed by atoms with Crippen molar-refractivity contribution in [2.24, 2.45) is 5.41 Å². The van der Waals surface area contributed by atoms with Gasteiger partial charge in [0.25, 0.3) is 0 Å². The first-order valence-electron chi connectivity index (χ1n) is 6.69. The topological polar surface area (TPSA) is 52.6 Å². The van der Waals surface area contributed by atoms with Crippen molar-refractivity contribution in [1.82, 2.24) is 0 Å². The van der Waals surface area contributed by atoms with Gasteiger partial charge in [0, 0.05) is 29.3 Å². The van der Waals surface area contributed by atoms with Gasteiger partial charge in [-0.3, -0.25) is 0 Å². The van der Waals surface area contributed by atoms with Crippen LogP contribution in [0.15, 0.2) is 18.2 Å². The molecule has 2 rings (SSSR count). The second-order valence-corrected chi connectivity index (χ2v) is 8.25. The van der Waals surface area contributed by atoms with Crippen LogP contribution in [0.2, 0.25) is 0 Å². The minimum atomic E-state index is -3.66. The molecular formula is C14H18ClFO4S. The fraction of sp³-hybridized carbons (Fsp3) is 0.571. The molecule has 1 aromatic rings. The maximum absolute atomic E-state index is 13.9. The third kappa shape index (κ3) is 4.56. The van der Waals surface area contributed by atoms with Crippen molar-refractivity contribution in [3.05, 3.63) is 29.6 Å². The highest BCUT2D eigenvalue weighted by atomic mass is 35.7. The van der Waals surface area contributed by atoms with Crippen molar-refractivity contribution >= 4 is 19.7 Å². The summed E-state index contributed by atoms with van der Waals surface area (Å²) in [6.07, 6.45) is 1.04. The largest absolute Gasteiger partial charge is 0.490 e. The average Bonchev–Trinajstić information content (AvgIpc) is 2.40. The lowest BCUT2D eigenvalue weighted by Crippen LogP contribution is -2.40. The summed E-state index contributed by atoms with van der Waals surface area (Å²) in [5.74, 6) is -0.487. The van der Waals surface area contributed by atoms with Crippen LogP contribution in [-0.4, -0.2) is 34.0 Å². The van der Waals surface area contributed by atoms with E-state index in [2.05, 4.69) is 0 Å². The number of hydrogen-bond acceptors (Lipinski definition) is 4. The molecule has 1 aromatic carbocycles. The van der Waals surface area contributed by atoms with Gasteiger partial charge in [-0.15, -0.1) is 0 Å². The van der Waals surface area contributed by atoms with Crippen molar-refractivity contribution in [2.75, 3.05) is 25.6 Å². The predicted octanol–water partition coefficient (Wildman–Crippen LogP) is 2.88. The van der Waals surface area contributed by atoms with E-state index in [-0.39, 0.29) is 18.1 Å². The van der Waals surface area contributed by atoms with Crippen molar-refractivity contribution < 1.29 is 22.3 Å². The van der Waals surface area contributed by atoms with Crippen LogP contribution in [0, 0.1) is 18.2 Å². The quantitative estimate of drug-likeness (QED) is 0.776. The minimum absolute atomic E-state index is 0.0999. The Morgan fingerprint density at radius 3 is 2.67 bits per heavy atom. The molecule has 118 valence electrons. The third-order valence-corrected chi connectivity index (χ3v) is 5.01. The van der Waals surface area contributed by atoms with Crippen LogP contribution in [-0.2, 0) is 13.8 Å². The normalized spacial score (nSPS) is 18.4. The van der Waals surface area contributed by atoms with Gasteiger partial charge in [-0.25, -0.2) is 12.8 Å². The molecule has 1 saturated heterocycles. The first-order chi connectivity index (χ1) is 9.81. The molecule has 21 heavy (non-hydrogen) atoms. The van der Waals surface area contributed by atoms with E-state index in [0.717, 1.165) is 0 Å². The van der Waals surface area contributed by atoms with Crippen LogP contribution in [0.4, 0.5) is 4.39 Å². The Balaban J connectivity index is 2.14. The van der Waals surface area contributed by atoms with Gasteiger partial charge >= 0.3 is 0 Å². The number of aryl methyl sites for hydroxylation is 1. The number of hydrogen-bond donors (Lipinski definition) is 0. The lowest BCUT2D eigenvalue weighted by Gasteiger charge is -2.35. The van der Waals surface area contributed by atoms with E-state index in [4.69, 9.17) is 20.2 Å². The second kappa shape index (κ2) is 6.50. The van der Waals surface area contributed by atoms with E-state index in [1.165, 1.54) is 6.07 Å². The van der Waals surface area contributed by atoms with E-state index in [0.29, 0.717) is 31.6 Å². The van der Waals surface area contributed by atoms with E-state index in [1.54, 1.807) is 19.1 Å². The van der Waals surface area contributed by atoms with Crippen molar-refractivity contribution in [1.29, 1.82) is 0 Å². The zero-order chi connectivity index (χ0) is 15.5. The Morgan fingerprint density at radius 1 is 1.38 bits per heavy atom. The first-order valence-corrected chi connectivity index (χ1v) is 9.17. The number of halogens is 2. The van der Waals surface area contributed by atoms with Crippen molar-refractivity contribution in [3.63, 3.8) is 0 Å². The summed E-state index contributed by atoms with van der Waals surface area (Å²) in [6, 6.07) is 4.88. The molecule has 0 aromatic heterocycles. The van der Waals surface area contributed by atoms with Gasteiger partial charge in [-0.05, 0) is 31.4 Å². The number of ether oxygens (including phenoxy) is 2. The summed E-state index contributed by atoms with van der Waals surface area (Å²) in [5, 5.41) is 0. The highest BCUT2D eigenvalue weighted by Crippen LogP contribution is 2.34. The standard InChI is InChI=1S/C14H18ClFO4S/c1-11-3-2-4-12(13(11)16)20-9-14(10-21(15,17)18)5-7-19-8-6-14/h2-4H,5-10H2,1H3. The van der Waals surface area contributed by atoms with Gasteiger partial charge in [0.15, 0.2) is 11.6 Å². The SMILES string of the molecule is Cc1cccc(OCC2(CS(=O)(=O)Cl)CCOCC2)c1F. The molecular weight excluding hydrogens is 319 g/mol. The Morgan fingerprint density at radius 2 is 2.05 bits per heavy atom. The molecule has 0 atom stereocenters. The second-order valence-electron chi connectivity index (χ2n) is 5.47. The molecule has 1 heterocycles. The average molecular weight is 337 g/mol. The number of benzene rings is 1. The van der Waals surface area contributed by atoms with Crippen LogP contribution in [0.25, 0.3) is 0 Å². The van der Waals surface area contributed by atoms with Crippen LogP contribution >= 0.6 is 10.7 Å². The minimum Gasteiger partial charge on any atom is -0.490 e. The molecule has 0 bridgehead atoms. The summed E-state index contributed by atoms with van der Waals surface area (Å²) < 4.78 is 47.6. The smallest absolute Gasteiger partial charge is 0.233 e. The molecule has 1 aliphatic rings. The van der Waals surface area contributed by atoms with Gasteiger partial charge in [0.2, 0.25) is 9.05 Å². The molecule has 0 amide bonds. The van der Waals surface area contributed by atoms with E-state index >= 15 is 0 Å². The zero-order valence-electron chi connectivity index (χ0n) is 11.8. The van der Waals surface area contributed by atoms with Gasteiger partial charge < -0.3 is 9.47 Å². The molecule has 0 spiro atoms. The molecule has 0 N–H and O–H groups in total. The van der Waals surface area contributed by atoms with E-state index in [9.17, 15) is 12.8 Å². The van der Waals surface area contributed by atoms with E-state index in [1.807, 2.05) is 0 Å². The molecule has 4 nitrogen and oxygen atoms in total. The highest BCUT2D eigenvalue weighted by Gasteiger charge is 2.38. The molecule has 1 fully saturated rings. The molecule has 0 saturated carbocycles. The van der Waals surface area contributed by atoms with Crippen molar-refractivity contribution in [2.45, 2.75) is 19.8 Å². The molecule has 0 radical (unpaired) electrons. The van der Waals surface area contributed by atoms with Gasteiger partial charge in [0.1, 0.15) is 0 Å². The van der Waals surface area contributed by atoms with Crippen LogP contribution in [0.3, 0.4) is 0 Å². The zero-order valence-corrected chi connectivity index (χ0v) is 13.3. The molecule has 0 aliphatic carbocycles. The molecule has 7 heteroatoms. The summed E-state index contributed by atoms with van der Waals surface area (Å²) in [5.41, 5.74) is -0.145. The Labute approximate surface area is 128 Å². The Hall–Kier alpha value is -0.850. The van der Waals surface area contributed by atoms with Crippen LogP contribution in [0.1, 0.15) is 18.4 Å². The molecule has 1 aliphatic heterocycles. The Bertz CT molecular complexity index is 597. The lowest BCUT2D eigenvalue weighted by atomic mass is 9.83. The van der Waals surface area contributed by atoms with Gasteiger partial charge in [-0.2, -0.15) is 0 Å². The fourth-order valence-electron chi connectivity index (χ4n) is 2.46. The first kappa shape index (κ1) is 16.5. The van der Waals surface area contributed by atoms with Crippen LogP contribution < -0.4 is 4.74 Å². The highest BCUT2D eigenvalue weighted by molar-refractivity contribution is 8.13. The maximum atomic E-state index is 13.9. The van der Waals surface area contributed by atoms with E-state index < -0.39 is 20.3 Å². The van der Waals surface area contributed by atoms with Crippen LogP contribution in [0.5, 0.6) is 5.75 Å². The fourth-order valence-corrected chi connectivity index (χ4v) is 4.26. The predicted molar refractivity (Wildman–Crippen MR) is 78.8 cm³/mol. The third-order valence-electron chi connectivity index (χ3n) is 3.72.